The molecule has 0 N–H and O–H groups in total. The van der Waals surface area contributed by atoms with Crippen molar-refractivity contribution in [1.82, 2.24) is 4.90 Å². The van der Waals surface area contributed by atoms with E-state index in [2.05, 4.69) is 6.07 Å². The Morgan fingerprint density at radius 3 is 2.71 bits per heavy atom. The van der Waals surface area contributed by atoms with Crippen LogP contribution in [0.25, 0.3) is 0 Å². The van der Waals surface area contributed by atoms with Crippen LogP contribution in [0.2, 0.25) is 0 Å². The van der Waals surface area contributed by atoms with Gasteiger partial charge in [0.25, 0.3) is 0 Å². The fourth-order valence-corrected chi connectivity index (χ4v) is 2.71. The highest BCUT2D eigenvalue weighted by molar-refractivity contribution is 7.09. The topological polar surface area (TPSA) is 20.3 Å². The number of Topliss-reactive ketones (excluding diaryl/α,β-unsaturated/α-hetero) is 1. The smallest absolute Gasteiger partial charge is 0.169 e. The normalized spacial score (nSPS) is 11.0. The number of thiophene rings is 1. The Morgan fingerprint density at radius 1 is 1.19 bits per heavy atom. The minimum atomic E-state index is -1.05. The second kappa shape index (κ2) is 7.43. The van der Waals surface area contributed by atoms with E-state index in [1.807, 2.05) is 23.4 Å². The monoisotopic (exact) mass is 309 g/mol. The molecule has 0 aliphatic heterocycles. The number of carbonyl (C=O) groups excluding carboxylic acids is 1. The van der Waals surface area contributed by atoms with Crippen molar-refractivity contribution in [1.29, 1.82) is 0 Å². The molecule has 112 valence electrons. The van der Waals surface area contributed by atoms with Crippen molar-refractivity contribution in [2.75, 3.05) is 20.1 Å². The van der Waals surface area contributed by atoms with Crippen LogP contribution in [0.15, 0.2) is 35.7 Å². The van der Waals surface area contributed by atoms with Gasteiger partial charge in [-0.05, 0) is 37.0 Å². The van der Waals surface area contributed by atoms with Crippen molar-refractivity contribution < 1.29 is 13.6 Å². The molecule has 2 nitrogen and oxygen atoms in total. The number of carbonyl (C=O) groups is 1. The van der Waals surface area contributed by atoms with Crippen LogP contribution in [0.3, 0.4) is 0 Å². The number of nitrogens with zero attached hydrogens (tertiary/aromatic N) is 1. The Bertz CT molecular complexity index is 598. The Hall–Kier alpha value is -1.59. The highest BCUT2D eigenvalue weighted by Crippen LogP contribution is 2.14. The third-order valence-electron chi connectivity index (χ3n) is 3.29. The third-order valence-corrected chi connectivity index (χ3v) is 4.23. The van der Waals surface area contributed by atoms with E-state index in [-0.39, 0.29) is 17.8 Å². The van der Waals surface area contributed by atoms with Gasteiger partial charge in [-0.2, -0.15) is 0 Å². The zero-order valence-corrected chi connectivity index (χ0v) is 12.6. The van der Waals surface area contributed by atoms with E-state index in [4.69, 9.17) is 0 Å². The predicted octanol–water partition coefficient (Wildman–Crippen LogP) is 3.77. The Kier molecular flexibility index (Phi) is 5.59. The van der Waals surface area contributed by atoms with Crippen molar-refractivity contribution in [3.8, 4) is 0 Å². The molecule has 0 aliphatic carbocycles. The summed E-state index contributed by atoms with van der Waals surface area (Å²) in [7, 11) is 1.92. The van der Waals surface area contributed by atoms with Crippen molar-refractivity contribution in [3.63, 3.8) is 0 Å². The highest BCUT2D eigenvalue weighted by Gasteiger charge is 2.15. The fourth-order valence-electron chi connectivity index (χ4n) is 2.01. The van der Waals surface area contributed by atoms with Crippen LogP contribution < -0.4 is 0 Å². The van der Waals surface area contributed by atoms with Crippen LogP contribution in [-0.4, -0.2) is 30.8 Å². The van der Waals surface area contributed by atoms with Crippen LogP contribution in [0, 0.1) is 11.6 Å². The Labute approximate surface area is 127 Å². The van der Waals surface area contributed by atoms with Crippen molar-refractivity contribution in [3.05, 3.63) is 57.8 Å². The molecule has 0 aliphatic rings. The summed E-state index contributed by atoms with van der Waals surface area (Å²) < 4.78 is 26.6. The largest absolute Gasteiger partial charge is 0.306 e. The third kappa shape index (κ3) is 4.44. The average Bonchev–Trinajstić information content (AvgIpc) is 2.99. The van der Waals surface area contributed by atoms with E-state index in [1.54, 1.807) is 11.3 Å². The van der Waals surface area contributed by atoms with E-state index < -0.39 is 11.6 Å². The molecular formula is C16H17F2NOS. The molecule has 0 saturated carbocycles. The second-order valence-corrected chi connectivity index (χ2v) is 5.94. The van der Waals surface area contributed by atoms with Gasteiger partial charge in [-0.15, -0.1) is 11.3 Å². The molecule has 0 saturated heterocycles. The van der Waals surface area contributed by atoms with Gasteiger partial charge in [-0.25, -0.2) is 8.78 Å². The molecule has 21 heavy (non-hydrogen) atoms. The maximum atomic E-state index is 13.5. The standard InChI is InChI=1S/C16H17F2NOS/c1-19(9-7-12-4-3-11-21-12)10-8-15(20)13-5-2-6-14(17)16(13)18/h2-6,11H,7-10H2,1H3. The summed E-state index contributed by atoms with van der Waals surface area (Å²) in [4.78, 5) is 15.2. The van der Waals surface area contributed by atoms with Crippen molar-refractivity contribution in [2.45, 2.75) is 12.8 Å². The predicted molar refractivity (Wildman–Crippen MR) is 80.8 cm³/mol. The first-order valence-electron chi connectivity index (χ1n) is 6.76. The number of likely N-dealkylation sites (N-methyl/N-ethyl adjacent to an activating group) is 1. The lowest BCUT2D eigenvalue weighted by Gasteiger charge is -2.15. The van der Waals surface area contributed by atoms with E-state index >= 15 is 0 Å². The van der Waals surface area contributed by atoms with E-state index in [0.29, 0.717) is 6.54 Å². The zero-order chi connectivity index (χ0) is 15.2. The zero-order valence-electron chi connectivity index (χ0n) is 11.8. The number of hydrogen-bond donors (Lipinski definition) is 0. The summed E-state index contributed by atoms with van der Waals surface area (Å²) in [6.07, 6.45) is 1.11. The van der Waals surface area contributed by atoms with Gasteiger partial charge in [-0.1, -0.05) is 12.1 Å². The molecule has 0 amide bonds. The SMILES string of the molecule is CN(CCC(=O)c1cccc(F)c1F)CCc1cccs1. The molecule has 0 unspecified atom stereocenters. The number of hydrogen-bond acceptors (Lipinski definition) is 3. The van der Waals surface area contributed by atoms with Gasteiger partial charge in [0.1, 0.15) is 0 Å². The van der Waals surface area contributed by atoms with Crippen LogP contribution >= 0.6 is 11.3 Å². The van der Waals surface area contributed by atoms with Crippen LogP contribution in [0.1, 0.15) is 21.7 Å². The minimum Gasteiger partial charge on any atom is -0.306 e. The summed E-state index contributed by atoms with van der Waals surface area (Å²) >= 11 is 1.70. The second-order valence-electron chi connectivity index (χ2n) is 4.91. The molecular weight excluding hydrogens is 292 g/mol. The molecule has 0 spiro atoms. The molecule has 0 atom stereocenters. The number of benzene rings is 1. The Balaban J connectivity index is 1.82. The quantitative estimate of drug-likeness (QED) is 0.726. The van der Waals surface area contributed by atoms with E-state index in [1.165, 1.54) is 17.0 Å². The molecule has 1 heterocycles. The number of ketones is 1. The van der Waals surface area contributed by atoms with Gasteiger partial charge in [0.2, 0.25) is 0 Å². The molecule has 1 aromatic carbocycles. The summed E-state index contributed by atoms with van der Waals surface area (Å²) in [5.74, 6) is -2.40. The van der Waals surface area contributed by atoms with Crippen LogP contribution in [0.4, 0.5) is 8.78 Å². The van der Waals surface area contributed by atoms with E-state index in [9.17, 15) is 13.6 Å². The molecule has 0 fully saturated rings. The summed E-state index contributed by atoms with van der Waals surface area (Å²) in [5.41, 5.74) is -0.165. The first-order chi connectivity index (χ1) is 10.1. The first kappa shape index (κ1) is 15.8. The van der Waals surface area contributed by atoms with Gasteiger partial charge in [0, 0.05) is 24.4 Å². The van der Waals surface area contributed by atoms with Gasteiger partial charge in [-0.3, -0.25) is 4.79 Å². The summed E-state index contributed by atoms with van der Waals surface area (Å²) in [6.45, 7) is 1.36. The lowest BCUT2D eigenvalue weighted by molar-refractivity contribution is 0.0964. The van der Waals surface area contributed by atoms with Crippen LogP contribution in [0.5, 0.6) is 0 Å². The molecule has 0 radical (unpaired) electrons. The molecule has 2 rings (SSSR count). The lowest BCUT2D eigenvalue weighted by Crippen LogP contribution is -2.24. The first-order valence-corrected chi connectivity index (χ1v) is 7.64. The van der Waals surface area contributed by atoms with Crippen LogP contribution in [-0.2, 0) is 6.42 Å². The van der Waals surface area contributed by atoms with Crippen molar-refractivity contribution >= 4 is 17.1 Å². The number of rotatable bonds is 7. The van der Waals surface area contributed by atoms with Gasteiger partial charge in [0.05, 0.1) is 5.56 Å². The summed E-state index contributed by atoms with van der Waals surface area (Å²) in [6, 6.07) is 7.78. The molecule has 5 heteroatoms. The van der Waals surface area contributed by atoms with Crippen molar-refractivity contribution in [2.24, 2.45) is 0 Å². The fraction of sp³-hybridized carbons (Fsp3) is 0.312. The number of halogens is 2. The average molecular weight is 309 g/mol. The lowest BCUT2D eigenvalue weighted by atomic mass is 10.1. The van der Waals surface area contributed by atoms with Gasteiger partial charge >= 0.3 is 0 Å². The van der Waals surface area contributed by atoms with Gasteiger partial charge in [0.15, 0.2) is 17.4 Å². The maximum Gasteiger partial charge on any atom is 0.169 e. The highest BCUT2D eigenvalue weighted by atomic mass is 32.1. The maximum absolute atomic E-state index is 13.5. The molecule has 1 aromatic heterocycles. The van der Waals surface area contributed by atoms with Gasteiger partial charge < -0.3 is 4.90 Å². The Morgan fingerprint density at radius 2 is 2.00 bits per heavy atom. The molecule has 0 bridgehead atoms. The summed E-state index contributed by atoms with van der Waals surface area (Å²) in [5, 5.41) is 2.03. The molecule has 2 aromatic rings. The van der Waals surface area contributed by atoms with E-state index in [0.717, 1.165) is 19.0 Å². The minimum absolute atomic E-state index is 0.165.